The van der Waals surface area contributed by atoms with Crippen molar-refractivity contribution >= 4 is 5.70 Å². The maximum atomic E-state index is 12.9. The minimum Gasteiger partial charge on any atom is -0.507 e. The molecular formula is C20H27F3N4O. The minimum absolute atomic E-state index is 0.211. The molecule has 0 aromatic heterocycles. The SMILES string of the molecule is Cc1cc(C(F)(F)F)cc(O)c1/C(N)=C/C1=C(N)N(C[C@@H]2CCCN2)CCC1. The molecule has 0 aliphatic carbocycles. The molecule has 2 heterocycles. The molecule has 0 spiro atoms. The van der Waals surface area contributed by atoms with E-state index in [0.29, 0.717) is 17.9 Å². The monoisotopic (exact) mass is 396 g/mol. The van der Waals surface area contributed by atoms with Gasteiger partial charge in [-0.3, -0.25) is 0 Å². The number of phenolic OH excluding ortho intramolecular Hbond substituents is 1. The Morgan fingerprint density at radius 1 is 1.36 bits per heavy atom. The highest BCUT2D eigenvalue weighted by molar-refractivity contribution is 5.73. The third kappa shape index (κ3) is 4.38. The number of nitrogens with one attached hydrogen (secondary N) is 1. The number of phenols is 1. The molecule has 154 valence electrons. The van der Waals surface area contributed by atoms with Gasteiger partial charge in [0.05, 0.1) is 5.56 Å². The van der Waals surface area contributed by atoms with Gasteiger partial charge in [0, 0.05) is 30.4 Å². The third-order valence-electron chi connectivity index (χ3n) is 5.41. The molecule has 3 rings (SSSR count). The molecule has 1 fully saturated rings. The molecule has 0 saturated carbocycles. The zero-order chi connectivity index (χ0) is 20.5. The maximum absolute atomic E-state index is 12.9. The molecule has 28 heavy (non-hydrogen) atoms. The quantitative estimate of drug-likeness (QED) is 0.628. The van der Waals surface area contributed by atoms with Crippen molar-refractivity contribution in [3.63, 3.8) is 0 Å². The number of hydrogen-bond acceptors (Lipinski definition) is 5. The Bertz CT molecular complexity index is 772. The summed E-state index contributed by atoms with van der Waals surface area (Å²) in [4.78, 5) is 2.13. The molecule has 1 aromatic carbocycles. The van der Waals surface area contributed by atoms with Crippen molar-refractivity contribution in [3.05, 3.63) is 46.3 Å². The van der Waals surface area contributed by atoms with Crippen molar-refractivity contribution < 1.29 is 18.3 Å². The first kappa shape index (κ1) is 20.4. The largest absolute Gasteiger partial charge is 0.507 e. The second-order valence-electron chi connectivity index (χ2n) is 7.54. The smallest absolute Gasteiger partial charge is 0.416 e. The molecule has 1 saturated heterocycles. The Morgan fingerprint density at radius 3 is 2.71 bits per heavy atom. The van der Waals surface area contributed by atoms with E-state index in [0.717, 1.165) is 57.0 Å². The van der Waals surface area contributed by atoms with Gasteiger partial charge in [-0.25, -0.2) is 0 Å². The van der Waals surface area contributed by atoms with Gasteiger partial charge in [-0.15, -0.1) is 0 Å². The average molecular weight is 396 g/mol. The number of benzene rings is 1. The predicted octanol–water partition coefficient (Wildman–Crippen LogP) is 3.04. The molecule has 0 amide bonds. The fraction of sp³-hybridized carbons (Fsp3) is 0.500. The lowest BCUT2D eigenvalue weighted by Gasteiger charge is -2.33. The number of aryl methyl sites for hydroxylation is 1. The van der Waals surface area contributed by atoms with Gasteiger partial charge < -0.3 is 26.8 Å². The van der Waals surface area contributed by atoms with Crippen LogP contribution in [0.15, 0.2) is 29.6 Å². The second-order valence-corrected chi connectivity index (χ2v) is 7.54. The zero-order valence-electron chi connectivity index (χ0n) is 15.9. The molecular weight excluding hydrogens is 369 g/mol. The van der Waals surface area contributed by atoms with E-state index in [4.69, 9.17) is 11.5 Å². The molecule has 0 unspecified atom stereocenters. The highest BCUT2D eigenvalue weighted by Gasteiger charge is 2.32. The first-order valence-corrected chi connectivity index (χ1v) is 9.52. The summed E-state index contributed by atoms with van der Waals surface area (Å²) in [5.41, 5.74) is 13.1. The van der Waals surface area contributed by atoms with Crippen LogP contribution < -0.4 is 16.8 Å². The molecule has 0 radical (unpaired) electrons. The third-order valence-corrected chi connectivity index (χ3v) is 5.41. The molecule has 5 nitrogen and oxygen atoms in total. The van der Waals surface area contributed by atoms with Crippen LogP contribution in [0.5, 0.6) is 5.75 Å². The highest BCUT2D eigenvalue weighted by Crippen LogP contribution is 2.36. The van der Waals surface area contributed by atoms with Gasteiger partial charge in [0.1, 0.15) is 11.6 Å². The number of hydrogen-bond donors (Lipinski definition) is 4. The molecule has 6 N–H and O–H groups in total. The number of alkyl halides is 3. The maximum Gasteiger partial charge on any atom is 0.416 e. The molecule has 0 bridgehead atoms. The van der Waals surface area contributed by atoms with E-state index >= 15 is 0 Å². The van der Waals surface area contributed by atoms with Crippen LogP contribution in [0, 0.1) is 6.92 Å². The molecule has 1 aromatic rings. The number of allylic oxidation sites excluding steroid dienone is 2. The lowest BCUT2D eigenvalue weighted by molar-refractivity contribution is -0.137. The van der Waals surface area contributed by atoms with Gasteiger partial charge >= 0.3 is 6.18 Å². The van der Waals surface area contributed by atoms with Crippen molar-refractivity contribution in [1.29, 1.82) is 0 Å². The van der Waals surface area contributed by atoms with Crippen LogP contribution in [-0.4, -0.2) is 35.7 Å². The van der Waals surface area contributed by atoms with E-state index in [1.165, 1.54) is 6.92 Å². The summed E-state index contributed by atoms with van der Waals surface area (Å²) >= 11 is 0. The average Bonchev–Trinajstić information content (AvgIpc) is 3.10. The summed E-state index contributed by atoms with van der Waals surface area (Å²) in [6.45, 7) is 4.22. The molecule has 2 aliphatic heterocycles. The minimum atomic E-state index is -4.52. The van der Waals surface area contributed by atoms with E-state index in [1.54, 1.807) is 6.08 Å². The van der Waals surface area contributed by atoms with Gasteiger partial charge in [0.15, 0.2) is 0 Å². The number of halogens is 3. The van der Waals surface area contributed by atoms with Crippen molar-refractivity contribution in [3.8, 4) is 5.75 Å². The fourth-order valence-electron chi connectivity index (χ4n) is 3.99. The fourth-order valence-corrected chi connectivity index (χ4v) is 3.99. The Morgan fingerprint density at radius 2 is 2.11 bits per heavy atom. The summed E-state index contributed by atoms with van der Waals surface area (Å²) in [5, 5.41) is 13.6. The van der Waals surface area contributed by atoms with E-state index in [2.05, 4.69) is 10.2 Å². The van der Waals surface area contributed by atoms with Gasteiger partial charge in [0.2, 0.25) is 0 Å². The summed E-state index contributed by atoms with van der Waals surface area (Å²) in [6, 6.07) is 2.12. The van der Waals surface area contributed by atoms with Gasteiger partial charge in [-0.1, -0.05) is 0 Å². The van der Waals surface area contributed by atoms with Crippen molar-refractivity contribution in [2.75, 3.05) is 19.6 Å². The molecule has 2 aliphatic rings. The molecule has 8 heteroatoms. The Labute approximate surface area is 162 Å². The summed E-state index contributed by atoms with van der Waals surface area (Å²) in [5.74, 6) is 0.162. The van der Waals surface area contributed by atoms with Crippen molar-refractivity contribution in [2.24, 2.45) is 11.5 Å². The first-order valence-electron chi connectivity index (χ1n) is 9.52. The lowest BCUT2D eigenvalue weighted by atomic mass is 9.97. The van der Waals surface area contributed by atoms with Gasteiger partial charge in [-0.2, -0.15) is 13.2 Å². The zero-order valence-corrected chi connectivity index (χ0v) is 15.9. The van der Waals surface area contributed by atoms with Crippen LogP contribution in [0.3, 0.4) is 0 Å². The lowest BCUT2D eigenvalue weighted by Crippen LogP contribution is -2.41. The second kappa shape index (κ2) is 7.95. The predicted molar refractivity (Wildman–Crippen MR) is 103 cm³/mol. The Kier molecular flexibility index (Phi) is 5.79. The first-order chi connectivity index (χ1) is 13.2. The van der Waals surface area contributed by atoms with E-state index in [9.17, 15) is 18.3 Å². The van der Waals surface area contributed by atoms with Crippen LogP contribution in [0.25, 0.3) is 5.70 Å². The standard InChI is InChI=1S/C20H27F3N4O/c1-12-8-14(20(21,22)23)10-17(28)18(12)16(24)9-13-4-3-7-27(19(13)25)11-15-5-2-6-26-15/h8-10,15,26,28H,2-7,11,24-25H2,1H3/b16-9-/t15-/m0/s1. The molecule has 1 atom stereocenters. The van der Waals surface area contributed by atoms with Crippen LogP contribution in [0.4, 0.5) is 13.2 Å². The van der Waals surface area contributed by atoms with Gasteiger partial charge in [0.25, 0.3) is 0 Å². The van der Waals surface area contributed by atoms with Crippen molar-refractivity contribution in [2.45, 2.75) is 44.8 Å². The highest BCUT2D eigenvalue weighted by atomic mass is 19.4. The van der Waals surface area contributed by atoms with Crippen LogP contribution in [0.2, 0.25) is 0 Å². The number of nitrogens with zero attached hydrogens (tertiary/aromatic N) is 1. The Balaban J connectivity index is 1.87. The summed E-state index contributed by atoms with van der Waals surface area (Å²) < 4.78 is 38.8. The number of rotatable bonds is 4. The van der Waals surface area contributed by atoms with E-state index in [1.807, 2.05) is 0 Å². The van der Waals surface area contributed by atoms with E-state index < -0.39 is 17.5 Å². The van der Waals surface area contributed by atoms with Crippen LogP contribution >= 0.6 is 0 Å². The van der Waals surface area contributed by atoms with Crippen LogP contribution in [0.1, 0.15) is 42.4 Å². The topological polar surface area (TPSA) is 87.5 Å². The van der Waals surface area contributed by atoms with E-state index in [-0.39, 0.29) is 16.8 Å². The van der Waals surface area contributed by atoms with Crippen molar-refractivity contribution in [1.82, 2.24) is 10.2 Å². The van der Waals surface area contributed by atoms with Gasteiger partial charge in [-0.05, 0) is 68.5 Å². The normalized spacial score (nSPS) is 21.5. The summed E-state index contributed by atoms with van der Waals surface area (Å²) in [7, 11) is 0. The Hall–Kier alpha value is -2.35. The summed E-state index contributed by atoms with van der Waals surface area (Å²) in [6.07, 6.45) is 1.10. The van der Waals surface area contributed by atoms with Crippen LogP contribution in [-0.2, 0) is 6.18 Å². The number of aromatic hydroxyl groups is 1. The number of nitrogens with two attached hydrogens (primary N) is 2.